The monoisotopic (exact) mass is 194 g/mol. The van der Waals surface area contributed by atoms with E-state index in [1.54, 1.807) is 0 Å². The number of rotatable bonds is 1. The van der Waals surface area contributed by atoms with E-state index in [-0.39, 0.29) is 0 Å². The van der Waals surface area contributed by atoms with Crippen molar-refractivity contribution in [3.8, 4) is 0 Å². The first kappa shape index (κ1) is 8.38. The molecule has 3 nitrogen and oxygen atoms in total. The van der Waals surface area contributed by atoms with Gasteiger partial charge in [0.1, 0.15) is 5.52 Å². The number of nitrogens with one attached hydrogen (secondary N) is 1. The van der Waals surface area contributed by atoms with Crippen LogP contribution in [0.25, 0.3) is 11.0 Å². The molecule has 0 spiro atoms. The standard InChI is InChI=1S/C9H9ClN3/c1-13(2)9-6(10)3-4-7-8(9)12-5-11-7/h3-4H,1-2H3,(H,11,12). The number of H-pyrrole nitrogens is 1. The van der Waals surface area contributed by atoms with E-state index in [2.05, 4.69) is 16.3 Å². The molecule has 0 atom stereocenters. The number of hydrogen-bond donors (Lipinski definition) is 1. The van der Waals surface area contributed by atoms with Gasteiger partial charge in [-0.05, 0) is 12.1 Å². The van der Waals surface area contributed by atoms with Gasteiger partial charge in [0.25, 0.3) is 0 Å². The number of aromatic amines is 1. The first-order valence-corrected chi connectivity index (χ1v) is 4.29. The molecule has 0 aliphatic rings. The SMILES string of the molecule is CN(C)c1c(Cl)ccc2[nH][c]nc12. The Kier molecular flexibility index (Phi) is 1.88. The molecular weight excluding hydrogens is 186 g/mol. The van der Waals surface area contributed by atoms with Gasteiger partial charge >= 0.3 is 0 Å². The predicted molar refractivity (Wildman–Crippen MR) is 54.3 cm³/mol. The second kappa shape index (κ2) is 2.92. The molecule has 0 fully saturated rings. The summed E-state index contributed by atoms with van der Waals surface area (Å²) in [6.07, 6.45) is 2.70. The van der Waals surface area contributed by atoms with Gasteiger partial charge in [-0.15, -0.1) is 0 Å². The molecule has 2 aromatic rings. The molecule has 67 valence electrons. The van der Waals surface area contributed by atoms with Crippen LogP contribution in [0.3, 0.4) is 0 Å². The zero-order valence-electron chi connectivity index (χ0n) is 7.43. The number of benzene rings is 1. The molecule has 1 aromatic carbocycles. The lowest BCUT2D eigenvalue weighted by Gasteiger charge is -2.14. The Morgan fingerprint density at radius 3 is 2.92 bits per heavy atom. The van der Waals surface area contributed by atoms with Crippen molar-refractivity contribution in [1.29, 1.82) is 0 Å². The second-order valence-electron chi connectivity index (χ2n) is 3.04. The molecule has 0 amide bonds. The van der Waals surface area contributed by atoms with Gasteiger partial charge in [0.2, 0.25) is 0 Å². The Morgan fingerprint density at radius 2 is 2.23 bits per heavy atom. The van der Waals surface area contributed by atoms with E-state index in [0.717, 1.165) is 16.7 Å². The van der Waals surface area contributed by atoms with E-state index in [9.17, 15) is 0 Å². The summed E-state index contributed by atoms with van der Waals surface area (Å²) in [6.45, 7) is 0. The van der Waals surface area contributed by atoms with Gasteiger partial charge in [0.15, 0.2) is 6.33 Å². The largest absolute Gasteiger partial charge is 0.375 e. The number of nitrogens with zero attached hydrogens (tertiary/aromatic N) is 2. The topological polar surface area (TPSA) is 31.9 Å². The van der Waals surface area contributed by atoms with E-state index in [0.29, 0.717) is 5.02 Å². The summed E-state index contributed by atoms with van der Waals surface area (Å²) < 4.78 is 0. The van der Waals surface area contributed by atoms with E-state index in [1.165, 1.54) is 0 Å². The third-order valence-electron chi connectivity index (χ3n) is 1.91. The minimum absolute atomic E-state index is 0.706. The van der Waals surface area contributed by atoms with E-state index in [1.807, 2.05) is 31.1 Å². The van der Waals surface area contributed by atoms with Crippen molar-refractivity contribution in [3.05, 3.63) is 23.5 Å². The zero-order chi connectivity index (χ0) is 9.42. The molecule has 2 rings (SSSR count). The molecule has 1 radical (unpaired) electrons. The van der Waals surface area contributed by atoms with Gasteiger partial charge in [0.05, 0.1) is 16.2 Å². The van der Waals surface area contributed by atoms with Gasteiger partial charge in [-0.3, -0.25) is 0 Å². The summed E-state index contributed by atoms with van der Waals surface area (Å²) in [7, 11) is 3.88. The van der Waals surface area contributed by atoms with Gasteiger partial charge in [-0.1, -0.05) is 11.6 Å². The van der Waals surface area contributed by atoms with Crippen molar-refractivity contribution in [2.24, 2.45) is 0 Å². The van der Waals surface area contributed by atoms with Crippen molar-refractivity contribution < 1.29 is 0 Å². The van der Waals surface area contributed by atoms with Crippen molar-refractivity contribution in [1.82, 2.24) is 9.97 Å². The highest BCUT2D eigenvalue weighted by molar-refractivity contribution is 6.34. The van der Waals surface area contributed by atoms with E-state index >= 15 is 0 Å². The van der Waals surface area contributed by atoms with Crippen LogP contribution in [-0.2, 0) is 0 Å². The lowest BCUT2D eigenvalue weighted by atomic mass is 10.2. The highest BCUT2D eigenvalue weighted by Crippen LogP contribution is 2.30. The smallest absolute Gasteiger partial charge is 0.174 e. The normalized spacial score (nSPS) is 10.7. The van der Waals surface area contributed by atoms with Crippen LogP contribution in [0.15, 0.2) is 12.1 Å². The molecule has 0 unspecified atom stereocenters. The minimum Gasteiger partial charge on any atom is -0.375 e. The zero-order valence-corrected chi connectivity index (χ0v) is 8.18. The van der Waals surface area contributed by atoms with Crippen LogP contribution in [0.4, 0.5) is 5.69 Å². The number of hydrogen-bond acceptors (Lipinski definition) is 2. The first-order chi connectivity index (χ1) is 6.20. The molecular formula is C9H9ClN3. The van der Waals surface area contributed by atoms with Crippen molar-refractivity contribution in [2.75, 3.05) is 19.0 Å². The lowest BCUT2D eigenvalue weighted by Crippen LogP contribution is -2.09. The Labute approximate surface area is 81.3 Å². The van der Waals surface area contributed by atoms with Crippen molar-refractivity contribution in [2.45, 2.75) is 0 Å². The molecule has 4 heteroatoms. The quantitative estimate of drug-likeness (QED) is 0.754. The predicted octanol–water partition coefficient (Wildman–Crippen LogP) is 2.08. The summed E-state index contributed by atoms with van der Waals surface area (Å²) in [5, 5.41) is 0.706. The fraction of sp³-hybridized carbons (Fsp3) is 0.222. The van der Waals surface area contributed by atoms with Crippen LogP contribution >= 0.6 is 11.6 Å². The molecule has 1 aromatic heterocycles. The number of anilines is 1. The summed E-state index contributed by atoms with van der Waals surface area (Å²) in [4.78, 5) is 8.96. The van der Waals surface area contributed by atoms with Crippen LogP contribution < -0.4 is 4.90 Å². The Morgan fingerprint density at radius 1 is 1.46 bits per heavy atom. The lowest BCUT2D eigenvalue weighted by molar-refractivity contribution is 1.14. The number of fused-ring (bicyclic) bond motifs is 1. The third kappa shape index (κ3) is 1.25. The molecule has 0 aliphatic carbocycles. The molecule has 0 saturated carbocycles. The van der Waals surface area contributed by atoms with E-state index < -0.39 is 0 Å². The van der Waals surface area contributed by atoms with Gasteiger partial charge in [-0.25, -0.2) is 4.98 Å². The van der Waals surface area contributed by atoms with E-state index in [4.69, 9.17) is 11.6 Å². The highest BCUT2D eigenvalue weighted by Gasteiger charge is 2.09. The minimum atomic E-state index is 0.706. The van der Waals surface area contributed by atoms with Crippen LogP contribution in [0.1, 0.15) is 0 Å². The van der Waals surface area contributed by atoms with Crippen molar-refractivity contribution >= 4 is 28.3 Å². The van der Waals surface area contributed by atoms with Crippen LogP contribution in [0, 0.1) is 6.33 Å². The summed E-state index contributed by atoms with van der Waals surface area (Å²) in [5.74, 6) is 0. The molecule has 13 heavy (non-hydrogen) atoms. The summed E-state index contributed by atoms with van der Waals surface area (Å²) in [5.41, 5.74) is 2.74. The number of imidazole rings is 1. The fourth-order valence-corrected chi connectivity index (χ4v) is 1.66. The molecule has 1 N–H and O–H groups in total. The maximum Gasteiger partial charge on any atom is 0.174 e. The van der Waals surface area contributed by atoms with Gasteiger partial charge in [0, 0.05) is 14.1 Å². The maximum absolute atomic E-state index is 6.05. The first-order valence-electron chi connectivity index (χ1n) is 3.91. The highest BCUT2D eigenvalue weighted by atomic mass is 35.5. The average molecular weight is 195 g/mol. The molecule has 1 heterocycles. The molecule has 0 aliphatic heterocycles. The van der Waals surface area contributed by atoms with Crippen LogP contribution in [0.5, 0.6) is 0 Å². The third-order valence-corrected chi connectivity index (χ3v) is 2.21. The van der Waals surface area contributed by atoms with Crippen LogP contribution in [0.2, 0.25) is 5.02 Å². The molecule has 0 bridgehead atoms. The Bertz CT molecular complexity index is 433. The summed E-state index contributed by atoms with van der Waals surface area (Å²) in [6, 6.07) is 3.75. The van der Waals surface area contributed by atoms with Crippen LogP contribution in [-0.4, -0.2) is 24.1 Å². The Balaban J connectivity index is 2.80. The second-order valence-corrected chi connectivity index (χ2v) is 3.44. The average Bonchev–Trinajstić information content (AvgIpc) is 2.50. The fourth-order valence-electron chi connectivity index (χ4n) is 1.34. The molecule has 0 saturated heterocycles. The Hall–Kier alpha value is -1.22. The maximum atomic E-state index is 6.05. The number of halogens is 1. The number of aromatic nitrogens is 2. The van der Waals surface area contributed by atoms with Crippen molar-refractivity contribution in [3.63, 3.8) is 0 Å². The van der Waals surface area contributed by atoms with Gasteiger partial charge < -0.3 is 9.88 Å². The summed E-state index contributed by atoms with van der Waals surface area (Å²) >= 11 is 6.05. The van der Waals surface area contributed by atoms with Gasteiger partial charge in [-0.2, -0.15) is 0 Å².